The molecule has 1 aliphatic heterocycles. The van der Waals surface area contributed by atoms with Gasteiger partial charge in [0.05, 0.1) is 0 Å². The Bertz CT molecular complexity index is 894. The summed E-state index contributed by atoms with van der Waals surface area (Å²) in [6, 6.07) is 27.0. The number of hydrogen-bond acceptors (Lipinski definition) is 4. The Kier molecular flexibility index (Phi) is 4.67. The van der Waals surface area contributed by atoms with Gasteiger partial charge in [-0.1, -0.05) is 78.0 Å². The van der Waals surface area contributed by atoms with E-state index in [1.165, 1.54) is 0 Å². The van der Waals surface area contributed by atoms with E-state index in [2.05, 4.69) is 5.16 Å². The van der Waals surface area contributed by atoms with Crippen molar-refractivity contribution in [3.63, 3.8) is 0 Å². The zero-order valence-corrected chi connectivity index (χ0v) is 14.2. The van der Waals surface area contributed by atoms with Gasteiger partial charge in [0.2, 0.25) is 0 Å². The molecule has 0 radical (unpaired) electrons. The van der Waals surface area contributed by atoms with E-state index in [0.717, 1.165) is 16.7 Å². The van der Waals surface area contributed by atoms with Crippen molar-refractivity contribution in [2.75, 3.05) is 0 Å². The number of oxime groups is 1. The minimum atomic E-state index is -0.914. The fraction of sp³-hybridized carbons (Fsp3) is 0.136. The molecule has 0 bridgehead atoms. The van der Waals surface area contributed by atoms with Crippen LogP contribution in [0.5, 0.6) is 5.75 Å². The van der Waals surface area contributed by atoms with Crippen molar-refractivity contribution in [1.82, 2.24) is 0 Å². The van der Waals surface area contributed by atoms with E-state index in [4.69, 9.17) is 9.57 Å². The van der Waals surface area contributed by atoms with Crippen molar-refractivity contribution >= 4 is 5.71 Å². The highest BCUT2D eigenvalue weighted by molar-refractivity contribution is 6.06. The fourth-order valence-electron chi connectivity index (χ4n) is 3.03. The quantitative estimate of drug-likeness (QED) is 0.724. The summed E-state index contributed by atoms with van der Waals surface area (Å²) in [4.78, 5) is 5.54. The van der Waals surface area contributed by atoms with Crippen LogP contribution in [0.3, 0.4) is 0 Å². The summed E-state index contributed by atoms with van der Waals surface area (Å²) in [6.07, 6.45) is -1.44. The molecule has 0 spiro atoms. The molecular formula is C22H19NO3. The molecule has 130 valence electrons. The molecule has 0 fully saturated rings. The highest BCUT2D eigenvalue weighted by Gasteiger charge is 2.35. The van der Waals surface area contributed by atoms with Crippen molar-refractivity contribution < 1.29 is 14.7 Å². The first-order valence-electron chi connectivity index (χ1n) is 8.56. The second kappa shape index (κ2) is 7.42. The van der Waals surface area contributed by atoms with Gasteiger partial charge in [-0.25, -0.2) is 0 Å². The summed E-state index contributed by atoms with van der Waals surface area (Å²) in [5.41, 5.74) is 3.15. The van der Waals surface area contributed by atoms with Gasteiger partial charge in [-0.2, -0.15) is 0 Å². The molecule has 1 aliphatic rings. The smallest absolute Gasteiger partial charge is 0.155 e. The number of aliphatic hydroxyl groups is 1. The number of benzene rings is 3. The Morgan fingerprint density at radius 1 is 0.846 bits per heavy atom. The van der Waals surface area contributed by atoms with E-state index < -0.39 is 12.2 Å². The Morgan fingerprint density at radius 3 is 2.27 bits per heavy atom. The largest absolute Gasteiger partial charge is 0.482 e. The molecule has 3 aromatic rings. The summed E-state index contributed by atoms with van der Waals surface area (Å²) in [5.74, 6) is 0.689. The van der Waals surface area contributed by atoms with Crippen LogP contribution in [0.4, 0.5) is 0 Å². The predicted octanol–water partition coefficient (Wildman–Crippen LogP) is 4.10. The van der Waals surface area contributed by atoms with E-state index in [9.17, 15) is 5.11 Å². The molecule has 0 saturated carbocycles. The average molecular weight is 345 g/mol. The lowest BCUT2D eigenvalue weighted by Gasteiger charge is -2.31. The molecule has 0 saturated heterocycles. The summed E-state index contributed by atoms with van der Waals surface area (Å²) in [7, 11) is 0. The highest BCUT2D eigenvalue weighted by atomic mass is 16.6. The van der Waals surface area contributed by atoms with Gasteiger partial charge in [0, 0.05) is 5.56 Å². The lowest BCUT2D eigenvalue weighted by molar-refractivity contribution is 0.0629. The van der Waals surface area contributed by atoms with Crippen LogP contribution in [0.25, 0.3) is 0 Å². The third-order valence-electron chi connectivity index (χ3n) is 4.35. The average Bonchev–Trinajstić information content (AvgIpc) is 2.71. The van der Waals surface area contributed by atoms with E-state index in [1.54, 1.807) is 0 Å². The summed E-state index contributed by atoms with van der Waals surface area (Å²) < 4.78 is 6.04. The molecule has 1 heterocycles. The first kappa shape index (κ1) is 16.4. The molecule has 0 aliphatic carbocycles. The van der Waals surface area contributed by atoms with Gasteiger partial charge in [-0.15, -0.1) is 0 Å². The van der Waals surface area contributed by atoms with Gasteiger partial charge in [0.15, 0.2) is 6.10 Å². The molecule has 4 nitrogen and oxygen atoms in total. The number of aliphatic hydroxyl groups excluding tert-OH is 1. The first-order valence-corrected chi connectivity index (χ1v) is 8.56. The molecule has 0 amide bonds. The lowest BCUT2D eigenvalue weighted by Crippen LogP contribution is -2.37. The molecular weight excluding hydrogens is 326 g/mol. The molecule has 1 N–H and O–H groups in total. The van der Waals surface area contributed by atoms with Crippen molar-refractivity contribution in [2.24, 2.45) is 5.16 Å². The number of nitrogens with zero attached hydrogens (tertiary/aromatic N) is 1. The number of ether oxygens (including phenoxy) is 1. The maximum Gasteiger partial charge on any atom is 0.155 e. The topological polar surface area (TPSA) is 51.1 Å². The van der Waals surface area contributed by atoms with Gasteiger partial charge < -0.3 is 14.7 Å². The number of para-hydroxylation sites is 1. The van der Waals surface area contributed by atoms with Crippen LogP contribution in [0.2, 0.25) is 0 Å². The lowest BCUT2D eigenvalue weighted by atomic mass is 9.93. The van der Waals surface area contributed by atoms with Crippen LogP contribution in [-0.4, -0.2) is 16.9 Å². The van der Waals surface area contributed by atoms with Crippen molar-refractivity contribution in [3.05, 3.63) is 102 Å². The third-order valence-corrected chi connectivity index (χ3v) is 4.35. The Labute approximate surface area is 152 Å². The Morgan fingerprint density at radius 2 is 1.50 bits per heavy atom. The second-order valence-electron chi connectivity index (χ2n) is 6.13. The van der Waals surface area contributed by atoms with Crippen molar-refractivity contribution in [1.29, 1.82) is 0 Å². The number of fused-ring (bicyclic) bond motifs is 1. The van der Waals surface area contributed by atoms with Crippen LogP contribution in [0, 0.1) is 0 Å². The summed E-state index contributed by atoms with van der Waals surface area (Å²) >= 11 is 0. The maximum atomic E-state index is 10.9. The minimum Gasteiger partial charge on any atom is -0.482 e. The zero-order chi connectivity index (χ0) is 17.8. The summed E-state index contributed by atoms with van der Waals surface area (Å²) in [6.45, 7) is 0.343. The molecule has 26 heavy (non-hydrogen) atoms. The molecule has 0 unspecified atom stereocenters. The maximum absolute atomic E-state index is 10.9. The Hall–Kier alpha value is -3.11. The van der Waals surface area contributed by atoms with E-state index in [1.807, 2.05) is 84.9 Å². The fourth-order valence-corrected chi connectivity index (χ4v) is 3.03. The molecule has 0 aromatic heterocycles. The highest BCUT2D eigenvalue weighted by Crippen LogP contribution is 2.35. The normalized spacial score (nSPS) is 20.3. The standard InChI is InChI=1S/C22H19NO3/c24-21-20(23-25-15-16-9-3-1-4-10-16)18-13-7-8-14-19(18)26-22(21)17-11-5-2-6-12-17/h1-14,21-22,24H,15H2/b23-20+/t21-,22+/m0/s1. The van der Waals surface area contributed by atoms with Crippen LogP contribution in [0.1, 0.15) is 22.8 Å². The molecule has 4 heteroatoms. The van der Waals surface area contributed by atoms with Gasteiger partial charge in [0.1, 0.15) is 24.2 Å². The number of hydrogen-bond donors (Lipinski definition) is 1. The summed E-state index contributed by atoms with van der Waals surface area (Å²) in [5, 5.41) is 15.2. The van der Waals surface area contributed by atoms with Crippen LogP contribution in [-0.2, 0) is 11.4 Å². The molecule has 2 atom stereocenters. The van der Waals surface area contributed by atoms with Crippen molar-refractivity contribution in [2.45, 2.75) is 18.8 Å². The van der Waals surface area contributed by atoms with Crippen LogP contribution < -0.4 is 4.74 Å². The third kappa shape index (κ3) is 3.32. The van der Waals surface area contributed by atoms with Crippen LogP contribution >= 0.6 is 0 Å². The second-order valence-corrected chi connectivity index (χ2v) is 6.13. The van der Waals surface area contributed by atoms with E-state index in [-0.39, 0.29) is 0 Å². The van der Waals surface area contributed by atoms with E-state index in [0.29, 0.717) is 18.1 Å². The SMILES string of the molecule is O[C@H]1/C(=N/OCc2ccccc2)c2ccccc2O[C@@H]1c1ccccc1. The van der Waals surface area contributed by atoms with Crippen LogP contribution in [0.15, 0.2) is 90.1 Å². The van der Waals surface area contributed by atoms with Gasteiger partial charge in [0.25, 0.3) is 0 Å². The predicted molar refractivity (Wildman–Crippen MR) is 100 cm³/mol. The first-order chi connectivity index (χ1) is 12.8. The van der Waals surface area contributed by atoms with Gasteiger partial charge >= 0.3 is 0 Å². The Balaban J connectivity index is 1.64. The van der Waals surface area contributed by atoms with E-state index >= 15 is 0 Å². The van der Waals surface area contributed by atoms with Gasteiger partial charge in [-0.05, 0) is 23.3 Å². The monoisotopic (exact) mass is 345 g/mol. The number of rotatable bonds is 4. The van der Waals surface area contributed by atoms with Crippen molar-refractivity contribution in [3.8, 4) is 5.75 Å². The molecule has 4 rings (SSSR count). The van der Waals surface area contributed by atoms with Gasteiger partial charge in [-0.3, -0.25) is 0 Å². The molecule has 3 aromatic carbocycles. The minimum absolute atomic E-state index is 0.343. The zero-order valence-electron chi connectivity index (χ0n) is 14.2.